The summed E-state index contributed by atoms with van der Waals surface area (Å²) in [6.45, 7) is 4.37. The number of halogens is 2. The smallest absolute Gasteiger partial charge is 0.271 e. The number of nitrogens with one attached hydrogen (secondary N) is 1. The maximum atomic E-state index is 12.3. The van der Waals surface area contributed by atoms with Crippen LogP contribution in [0.15, 0.2) is 70.2 Å². The minimum absolute atomic E-state index is 0.333. The summed E-state index contributed by atoms with van der Waals surface area (Å²) in [4.78, 5) is 12.3. The third-order valence-corrected chi connectivity index (χ3v) is 5.19. The summed E-state index contributed by atoms with van der Waals surface area (Å²) in [6.07, 6.45) is 1.56. The molecule has 1 amide bonds. The lowest BCUT2D eigenvalue weighted by Gasteiger charge is -2.10. The van der Waals surface area contributed by atoms with Gasteiger partial charge in [-0.15, -0.1) is 0 Å². The summed E-state index contributed by atoms with van der Waals surface area (Å²) in [6, 6.07) is 18.9. The van der Waals surface area contributed by atoms with Gasteiger partial charge in [-0.05, 0) is 55.3 Å². The third-order valence-electron chi connectivity index (χ3n) is 4.29. The van der Waals surface area contributed by atoms with Crippen LogP contribution in [0.5, 0.6) is 5.75 Å². The van der Waals surface area contributed by atoms with E-state index in [1.807, 2.05) is 44.2 Å². The van der Waals surface area contributed by atoms with Gasteiger partial charge in [-0.25, -0.2) is 5.43 Å². The molecule has 3 aromatic carbocycles. The lowest BCUT2D eigenvalue weighted by molar-refractivity contribution is 0.0955. The first-order valence-electron chi connectivity index (χ1n) is 9.00. The van der Waals surface area contributed by atoms with Gasteiger partial charge in [-0.3, -0.25) is 4.79 Å². The fourth-order valence-electron chi connectivity index (χ4n) is 2.56. The van der Waals surface area contributed by atoms with Crippen LogP contribution < -0.4 is 10.2 Å². The second kappa shape index (κ2) is 9.72. The van der Waals surface area contributed by atoms with Gasteiger partial charge >= 0.3 is 0 Å². The predicted molar refractivity (Wildman–Crippen MR) is 121 cm³/mol. The number of hydrogen-bond acceptors (Lipinski definition) is 3. The molecule has 0 unspecified atom stereocenters. The summed E-state index contributed by atoms with van der Waals surface area (Å²) in [5, 5.41) is 4.61. The molecule has 0 aromatic heterocycles. The lowest BCUT2D eigenvalue weighted by atomic mass is 10.1. The van der Waals surface area contributed by atoms with Crippen molar-refractivity contribution in [3.05, 3.63) is 98.0 Å². The molecule has 1 N–H and O–H groups in total. The van der Waals surface area contributed by atoms with Crippen molar-refractivity contribution >= 4 is 39.7 Å². The van der Waals surface area contributed by atoms with E-state index in [1.165, 1.54) is 5.56 Å². The number of hydrogen-bond donors (Lipinski definition) is 1. The molecule has 0 aliphatic rings. The van der Waals surface area contributed by atoms with Gasteiger partial charge in [-0.1, -0.05) is 63.4 Å². The van der Waals surface area contributed by atoms with Gasteiger partial charge < -0.3 is 4.74 Å². The highest BCUT2D eigenvalue weighted by molar-refractivity contribution is 9.10. The number of nitrogens with zero attached hydrogens (tertiary/aromatic N) is 1. The van der Waals surface area contributed by atoms with Crippen molar-refractivity contribution in [1.29, 1.82) is 0 Å². The Balaban J connectivity index is 1.69. The molecule has 0 spiro atoms. The van der Waals surface area contributed by atoms with Crippen LogP contribution in [0.3, 0.4) is 0 Å². The van der Waals surface area contributed by atoms with Crippen molar-refractivity contribution < 1.29 is 9.53 Å². The topological polar surface area (TPSA) is 50.7 Å². The SMILES string of the molecule is Cc1ccc(COc2ccc(Br)cc2/C=N\NC(=O)c2ccc(C)c(Cl)c2)cc1. The number of rotatable bonds is 6. The molecular weight excluding hydrogens is 452 g/mol. The minimum atomic E-state index is -0.333. The van der Waals surface area contributed by atoms with Crippen LogP contribution in [0.4, 0.5) is 0 Å². The molecule has 0 aliphatic carbocycles. The monoisotopic (exact) mass is 470 g/mol. The number of carbonyl (C=O) groups excluding carboxylic acids is 1. The van der Waals surface area contributed by atoms with E-state index < -0.39 is 0 Å². The van der Waals surface area contributed by atoms with Crippen molar-refractivity contribution in [1.82, 2.24) is 5.43 Å². The van der Waals surface area contributed by atoms with E-state index in [2.05, 4.69) is 38.6 Å². The van der Waals surface area contributed by atoms with Crippen LogP contribution in [-0.2, 0) is 6.61 Å². The van der Waals surface area contributed by atoms with Crippen molar-refractivity contribution in [2.45, 2.75) is 20.5 Å². The highest BCUT2D eigenvalue weighted by Crippen LogP contribution is 2.23. The van der Waals surface area contributed by atoms with E-state index >= 15 is 0 Å². The molecule has 148 valence electrons. The van der Waals surface area contributed by atoms with Gasteiger partial charge in [0, 0.05) is 20.6 Å². The van der Waals surface area contributed by atoms with Crippen LogP contribution in [0, 0.1) is 13.8 Å². The molecule has 3 aromatic rings. The zero-order valence-electron chi connectivity index (χ0n) is 16.1. The van der Waals surface area contributed by atoms with E-state index in [1.54, 1.807) is 24.4 Å². The average Bonchev–Trinajstić information content (AvgIpc) is 2.70. The molecule has 3 rings (SSSR count). The molecule has 0 heterocycles. The molecule has 0 aliphatic heterocycles. The molecule has 0 bridgehead atoms. The highest BCUT2D eigenvalue weighted by Gasteiger charge is 2.07. The van der Waals surface area contributed by atoms with Crippen molar-refractivity contribution in [3.63, 3.8) is 0 Å². The summed E-state index contributed by atoms with van der Waals surface area (Å²) in [5.41, 5.74) is 6.91. The lowest BCUT2D eigenvalue weighted by Crippen LogP contribution is -2.17. The third kappa shape index (κ3) is 5.92. The molecule has 0 fully saturated rings. The fourth-order valence-corrected chi connectivity index (χ4v) is 3.12. The first-order chi connectivity index (χ1) is 13.9. The number of aryl methyl sites for hydroxylation is 2. The summed E-state index contributed by atoms with van der Waals surface area (Å²) >= 11 is 9.53. The van der Waals surface area contributed by atoms with Crippen LogP contribution in [0.1, 0.15) is 32.6 Å². The minimum Gasteiger partial charge on any atom is -0.488 e. The van der Waals surface area contributed by atoms with Crippen molar-refractivity contribution in [2.75, 3.05) is 0 Å². The van der Waals surface area contributed by atoms with E-state index in [0.29, 0.717) is 22.9 Å². The highest BCUT2D eigenvalue weighted by atomic mass is 79.9. The first-order valence-corrected chi connectivity index (χ1v) is 10.2. The average molecular weight is 472 g/mol. The number of benzene rings is 3. The predicted octanol–water partition coefficient (Wildman–Crippen LogP) is 6.06. The normalized spacial score (nSPS) is 10.9. The number of hydrazone groups is 1. The molecule has 4 nitrogen and oxygen atoms in total. The fraction of sp³-hybridized carbons (Fsp3) is 0.130. The number of carbonyl (C=O) groups is 1. The summed E-state index contributed by atoms with van der Waals surface area (Å²) < 4.78 is 6.83. The molecule has 29 heavy (non-hydrogen) atoms. The molecule has 0 radical (unpaired) electrons. The van der Waals surface area contributed by atoms with E-state index in [0.717, 1.165) is 21.2 Å². The Hall–Kier alpha value is -2.63. The van der Waals surface area contributed by atoms with Crippen LogP contribution in [0.25, 0.3) is 0 Å². The zero-order valence-corrected chi connectivity index (χ0v) is 18.4. The van der Waals surface area contributed by atoms with Gasteiger partial charge in [-0.2, -0.15) is 5.10 Å². The standard InChI is InChI=1S/C23H20BrClN2O2/c1-15-3-6-17(7-4-15)14-29-22-10-9-20(24)11-19(22)13-26-27-23(28)18-8-5-16(2)21(25)12-18/h3-13H,14H2,1-2H3,(H,27,28)/b26-13-. The van der Waals surface area contributed by atoms with E-state index in [-0.39, 0.29) is 5.91 Å². The summed E-state index contributed by atoms with van der Waals surface area (Å²) in [5.74, 6) is 0.338. The van der Waals surface area contributed by atoms with Gasteiger partial charge in [0.2, 0.25) is 0 Å². The largest absolute Gasteiger partial charge is 0.488 e. The maximum absolute atomic E-state index is 12.3. The second-order valence-corrected chi connectivity index (χ2v) is 7.94. The molecule has 0 saturated heterocycles. The Morgan fingerprint density at radius 1 is 1.10 bits per heavy atom. The molecule has 0 saturated carbocycles. The van der Waals surface area contributed by atoms with Crippen LogP contribution in [0.2, 0.25) is 5.02 Å². The maximum Gasteiger partial charge on any atom is 0.271 e. The molecule has 0 atom stereocenters. The van der Waals surface area contributed by atoms with Gasteiger partial charge in [0.15, 0.2) is 0 Å². The molecule has 6 heteroatoms. The quantitative estimate of drug-likeness (QED) is 0.351. The second-order valence-electron chi connectivity index (χ2n) is 6.62. The van der Waals surface area contributed by atoms with E-state index in [9.17, 15) is 4.79 Å². The van der Waals surface area contributed by atoms with Crippen molar-refractivity contribution in [3.8, 4) is 5.75 Å². The van der Waals surface area contributed by atoms with Crippen molar-refractivity contribution in [2.24, 2.45) is 5.10 Å². The Kier molecular flexibility index (Phi) is 7.07. The van der Waals surface area contributed by atoms with E-state index in [4.69, 9.17) is 16.3 Å². The first kappa shape index (κ1) is 21.1. The Morgan fingerprint density at radius 3 is 2.59 bits per heavy atom. The summed E-state index contributed by atoms with van der Waals surface area (Å²) in [7, 11) is 0. The Morgan fingerprint density at radius 2 is 1.86 bits per heavy atom. The number of amides is 1. The van der Waals surface area contributed by atoms with Gasteiger partial charge in [0.1, 0.15) is 12.4 Å². The Labute approximate surface area is 183 Å². The zero-order chi connectivity index (χ0) is 20.8. The molecular formula is C23H20BrClN2O2. The van der Waals surface area contributed by atoms with Gasteiger partial charge in [0.05, 0.1) is 6.21 Å². The van der Waals surface area contributed by atoms with Crippen LogP contribution >= 0.6 is 27.5 Å². The van der Waals surface area contributed by atoms with Crippen LogP contribution in [-0.4, -0.2) is 12.1 Å². The number of ether oxygens (including phenoxy) is 1. The van der Waals surface area contributed by atoms with Gasteiger partial charge in [0.25, 0.3) is 5.91 Å². The Bertz CT molecular complexity index is 1050.